The van der Waals surface area contributed by atoms with E-state index in [9.17, 15) is 4.79 Å². The standard InChI is InChI=1S/C23H31N3O3/c1-17-5-7-18(8-6-17)20(26-13-11-25(2)12-14-26)16-24-23(27)19-9-10-21(28-3)22(15-19)29-4/h5-10,15,20H,11-14,16H2,1-4H3,(H,24,27). The number of piperazine rings is 1. The van der Waals surface area contributed by atoms with E-state index in [1.54, 1.807) is 32.4 Å². The third-order valence-electron chi connectivity index (χ3n) is 5.54. The molecule has 2 aromatic rings. The van der Waals surface area contributed by atoms with Crippen LogP contribution in [0.2, 0.25) is 0 Å². The van der Waals surface area contributed by atoms with Gasteiger partial charge in [0.2, 0.25) is 0 Å². The highest BCUT2D eigenvalue weighted by atomic mass is 16.5. The van der Waals surface area contributed by atoms with Gasteiger partial charge in [0, 0.05) is 38.3 Å². The van der Waals surface area contributed by atoms with Crippen LogP contribution in [0.5, 0.6) is 11.5 Å². The molecule has 1 aliphatic heterocycles. The minimum absolute atomic E-state index is 0.114. The van der Waals surface area contributed by atoms with Crippen LogP contribution in [0.15, 0.2) is 42.5 Å². The number of aryl methyl sites for hydroxylation is 1. The van der Waals surface area contributed by atoms with Crippen LogP contribution in [0.4, 0.5) is 0 Å². The van der Waals surface area contributed by atoms with Crippen LogP contribution >= 0.6 is 0 Å². The average molecular weight is 398 g/mol. The Morgan fingerprint density at radius 2 is 1.66 bits per heavy atom. The maximum Gasteiger partial charge on any atom is 0.251 e. The Morgan fingerprint density at radius 1 is 1.00 bits per heavy atom. The summed E-state index contributed by atoms with van der Waals surface area (Å²) in [5.41, 5.74) is 3.02. The number of amides is 1. The van der Waals surface area contributed by atoms with E-state index in [1.807, 2.05) is 0 Å². The molecule has 6 heteroatoms. The third kappa shape index (κ3) is 5.28. The summed E-state index contributed by atoms with van der Waals surface area (Å²) in [6, 6.07) is 14.0. The quantitative estimate of drug-likeness (QED) is 0.779. The first kappa shape index (κ1) is 21.1. The molecule has 6 nitrogen and oxygen atoms in total. The molecule has 0 spiro atoms. The second-order valence-corrected chi connectivity index (χ2v) is 7.55. The molecule has 0 radical (unpaired) electrons. The van der Waals surface area contributed by atoms with Crippen molar-refractivity contribution >= 4 is 5.91 Å². The number of rotatable bonds is 7. The Morgan fingerprint density at radius 3 is 2.28 bits per heavy atom. The monoisotopic (exact) mass is 397 g/mol. The zero-order valence-electron chi connectivity index (χ0n) is 17.8. The lowest BCUT2D eigenvalue weighted by molar-refractivity contribution is 0.0886. The molecule has 1 amide bonds. The smallest absolute Gasteiger partial charge is 0.251 e. The second-order valence-electron chi connectivity index (χ2n) is 7.55. The molecular weight excluding hydrogens is 366 g/mol. The van der Waals surface area contributed by atoms with E-state index in [4.69, 9.17) is 9.47 Å². The fourth-order valence-electron chi connectivity index (χ4n) is 3.65. The molecule has 0 aliphatic carbocycles. The molecule has 1 saturated heterocycles. The summed E-state index contributed by atoms with van der Waals surface area (Å²) in [6.07, 6.45) is 0. The van der Waals surface area contributed by atoms with Gasteiger partial charge in [0.1, 0.15) is 0 Å². The molecule has 1 fully saturated rings. The van der Waals surface area contributed by atoms with Gasteiger partial charge in [0.25, 0.3) is 5.91 Å². The Balaban J connectivity index is 1.74. The number of likely N-dealkylation sites (N-methyl/N-ethyl adjacent to an activating group) is 1. The van der Waals surface area contributed by atoms with Gasteiger partial charge in [-0.25, -0.2) is 0 Å². The van der Waals surface area contributed by atoms with Gasteiger partial charge >= 0.3 is 0 Å². The van der Waals surface area contributed by atoms with Crippen molar-refractivity contribution in [2.24, 2.45) is 0 Å². The Kier molecular flexibility index (Phi) is 7.12. The fraction of sp³-hybridized carbons (Fsp3) is 0.435. The number of carbonyl (C=O) groups is 1. The normalized spacial score (nSPS) is 16.3. The van der Waals surface area contributed by atoms with Gasteiger partial charge in [0.05, 0.1) is 20.3 Å². The average Bonchev–Trinajstić information content (AvgIpc) is 2.75. The van der Waals surface area contributed by atoms with Crippen molar-refractivity contribution in [1.82, 2.24) is 15.1 Å². The molecule has 1 atom stereocenters. The molecule has 1 aliphatic rings. The van der Waals surface area contributed by atoms with Crippen LogP contribution in [0, 0.1) is 6.92 Å². The van der Waals surface area contributed by atoms with Crippen molar-refractivity contribution in [3.05, 3.63) is 59.2 Å². The van der Waals surface area contributed by atoms with Gasteiger partial charge in [-0.2, -0.15) is 0 Å². The van der Waals surface area contributed by atoms with E-state index in [-0.39, 0.29) is 11.9 Å². The Hall–Kier alpha value is -2.57. The van der Waals surface area contributed by atoms with Crippen LogP contribution in [-0.2, 0) is 0 Å². The molecular formula is C23H31N3O3. The highest BCUT2D eigenvalue weighted by Crippen LogP contribution is 2.28. The number of nitrogens with zero attached hydrogens (tertiary/aromatic N) is 2. The van der Waals surface area contributed by atoms with Gasteiger partial charge < -0.3 is 19.7 Å². The molecule has 3 rings (SSSR count). The molecule has 156 valence electrons. The van der Waals surface area contributed by atoms with Crippen molar-refractivity contribution in [1.29, 1.82) is 0 Å². The molecule has 1 heterocycles. The van der Waals surface area contributed by atoms with E-state index in [2.05, 4.69) is 53.4 Å². The fourth-order valence-corrected chi connectivity index (χ4v) is 3.65. The first-order chi connectivity index (χ1) is 14.0. The van der Waals surface area contributed by atoms with Crippen LogP contribution in [0.1, 0.15) is 27.5 Å². The summed E-state index contributed by atoms with van der Waals surface area (Å²) in [6.45, 7) is 6.69. The lowest BCUT2D eigenvalue weighted by Gasteiger charge is -2.38. The minimum atomic E-state index is -0.114. The number of nitrogens with one attached hydrogen (secondary N) is 1. The van der Waals surface area contributed by atoms with Crippen LogP contribution in [-0.4, -0.2) is 69.7 Å². The van der Waals surface area contributed by atoms with Crippen molar-refractivity contribution in [3.63, 3.8) is 0 Å². The van der Waals surface area contributed by atoms with Gasteiger partial charge in [-0.15, -0.1) is 0 Å². The number of ether oxygens (including phenoxy) is 2. The van der Waals surface area contributed by atoms with E-state index in [0.29, 0.717) is 23.6 Å². The molecule has 0 aromatic heterocycles. The summed E-state index contributed by atoms with van der Waals surface area (Å²) in [7, 11) is 5.30. The molecule has 0 bridgehead atoms. The van der Waals surface area contributed by atoms with Gasteiger partial charge in [-0.1, -0.05) is 29.8 Å². The molecule has 29 heavy (non-hydrogen) atoms. The number of hydrogen-bond acceptors (Lipinski definition) is 5. The van der Waals surface area contributed by atoms with Gasteiger partial charge in [-0.05, 0) is 37.7 Å². The van der Waals surface area contributed by atoms with E-state index < -0.39 is 0 Å². The number of carbonyl (C=O) groups excluding carboxylic acids is 1. The summed E-state index contributed by atoms with van der Waals surface area (Å²) in [5.74, 6) is 1.05. The molecule has 0 saturated carbocycles. The predicted molar refractivity (Wildman–Crippen MR) is 115 cm³/mol. The van der Waals surface area contributed by atoms with Gasteiger partial charge in [-0.3, -0.25) is 9.69 Å². The lowest BCUT2D eigenvalue weighted by atomic mass is 10.0. The van der Waals surface area contributed by atoms with Crippen molar-refractivity contribution in [2.75, 3.05) is 54.0 Å². The summed E-state index contributed by atoms with van der Waals surface area (Å²) in [5, 5.41) is 3.12. The van der Waals surface area contributed by atoms with E-state index >= 15 is 0 Å². The number of methoxy groups -OCH3 is 2. The third-order valence-corrected chi connectivity index (χ3v) is 5.54. The van der Waals surface area contributed by atoms with Crippen molar-refractivity contribution < 1.29 is 14.3 Å². The van der Waals surface area contributed by atoms with Crippen LogP contribution < -0.4 is 14.8 Å². The van der Waals surface area contributed by atoms with Crippen molar-refractivity contribution in [2.45, 2.75) is 13.0 Å². The highest BCUT2D eigenvalue weighted by Gasteiger charge is 2.24. The van der Waals surface area contributed by atoms with E-state index in [1.165, 1.54) is 11.1 Å². The zero-order valence-corrected chi connectivity index (χ0v) is 17.8. The highest BCUT2D eigenvalue weighted by molar-refractivity contribution is 5.94. The first-order valence-corrected chi connectivity index (χ1v) is 10.0. The topological polar surface area (TPSA) is 54.0 Å². The summed E-state index contributed by atoms with van der Waals surface area (Å²) in [4.78, 5) is 17.6. The summed E-state index contributed by atoms with van der Waals surface area (Å²) < 4.78 is 10.6. The van der Waals surface area contributed by atoms with Crippen LogP contribution in [0.25, 0.3) is 0 Å². The van der Waals surface area contributed by atoms with Crippen molar-refractivity contribution in [3.8, 4) is 11.5 Å². The predicted octanol–water partition coefficient (Wildman–Crippen LogP) is 2.73. The molecule has 2 aromatic carbocycles. The second kappa shape index (κ2) is 9.76. The Labute approximate surface area is 173 Å². The summed E-state index contributed by atoms with van der Waals surface area (Å²) >= 11 is 0. The first-order valence-electron chi connectivity index (χ1n) is 10.0. The van der Waals surface area contributed by atoms with Crippen LogP contribution in [0.3, 0.4) is 0 Å². The minimum Gasteiger partial charge on any atom is -0.493 e. The van der Waals surface area contributed by atoms with Gasteiger partial charge in [0.15, 0.2) is 11.5 Å². The van der Waals surface area contributed by atoms with E-state index in [0.717, 1.165) is 26.2 Å². The number of benzene rings is 2. The largest absolute Gasteiger partial charge is 0.493 e. The Bertz CT molecular complexity index is 815. The maximum absolute atomic E-state index is 12.8. The maximum atomic E-state index is 12.8. The molecule has 1 unspecified atom stereocenters. The lowest BCUT2D eigenvalue weighted by Crippen LogP contribution is -2.48. The number of hydrogen-bond donors (Lipinski definition) is 1. The molecule has 1 N–H and O–H groups in total. The SMILES string of the molecule is COc1ccc(C(=O)NCC(c2ccc(C)cc2)N2CCN(C)CC2)cc1OC. The zero-order chi connectivity index (χ0) is 20.8.